The predicted octanol–water partition coefficient (Wildman–Crippen LogP) is 1.66. The predicted molar refractivity (Wildman–Crippen MR) is 82.4 cm³/mol. The summed E-state index contributed by atoms with van der Waals surface area (Å²) in [6, 6.07) is 0. The van der Waals surface area contributed by atoms with E-state index in [9.17, 15) is 4.79 Å². The number of amides is 1. The van der Waals surface area contributed by atoms with Crippen LogP contribution >= 0.6 is 0 Å². The molecule has 0 aromatic heterocycles. The Morgan fingerprint density at radius 3 is 2.80 bits per heavy atom. The van der Waals surface area contributed by atoms with E-state index in [2.05, 4.69) is 16.3 Å². The highest BCUT2D eigenvalue weighted by Gasteiger charge is 2.19. The number of carbonyl (C=O) groups excluding carboxylic acids is 1. The van der Waals surface area contributed by atoms with Gasteiger partial charge in [-0.3, -0.25) is 9.69 Å². The van der Waals surface area contributed by atoms with Crippen molar-refractivity contribution < 1.29 is 4.79 Å². The van der Waals surface area contributed by atoms with E-state index in [-0.39, 0.29) is 5.91 Å². The molecule has 4 nitrogen and oxygen atoms in total. The Bertz CT molecular complexity index is 333. The maximum atomic E-state index is 11.9. The van der Waals surface area contributed by atoms with Gasteiger partial charge < -0.3 is 11.1 Å². The van der Waals surface area contributed by atoms with Gasteiger partial charge in [0, 0.05) is 6.54 Å². The van der Waals surface area contributed by atoms with Crippen molar-refractivity contribution in [3.8, 4) is 0 Å². The van der Waals surface area contributed by atoms with Crippen LogP contribution in [0.25, 0.3) is 0 Å². The van der Waals surface area contributed by atoms with Crippen molar-refractivity contribution in [2.45, 2.75) is 44.9 Å². The highest BCUT2D eigenvalue weighted by Crippen LogP contribution is 2.19. The molecule has 0 radical (unpaired) electrons. The molecular weight excluding hydrogens is 250 g/mol. The summed E-state index contributed by atoms with van der Waals surface area (Å²) < 4.78 is 0. The van der Waals surface area contributed by atoms with Crippen LogP contribution in [0.2, 0.25) is 0 Å². The monoisotopic (exact) mass is 279 g/mol. The topological polar surface area (TPSA) is 58.4 Å². The summed E-state index contributed by atoms with van der Waals surface area (Å²) in [6.07, 6.45) is 10.7. The molecule has 0 spiro atoms. The van der Waals surface area contributed by atoms with Crippen LogP contribution in [0, 0.1) is 5.92 Å². The fourth-order valence-corrected chi connectivity index (χ4v) is 3.13. The molecule has 1 fully saturated rings. The van der Waals surface area contributed by atoms with E-state index < -0.39 is 0 Å². The van der Waals surface area contributed by atoms with Gasteiger partial charge in [0.25, 0.3) is 0 Å². The highest BCUT2D eigenvalue weighted by molar-refractivity contribution is 5.78. The Morgan fingerprint density at radius 1 is 1.35 bits per heavy atom. The number of allylic oxidation sites excluding steroid dienone is 1. The van der Waals surface area contributed by atoms with Crippen LogP contribution in [0.1, 0.15) is 44.9 Å². The molecule has 1 aliphatic heterocycles. The lowest BCUT2D eigenvalue weighted by molar-refractivity contribution is -0.122. The van der Waals surface area contributed by atoms with Crippen molar-refractivity contribution in [3.63, 3.8) is 0 Å². The zero-order valence-electron chi connectivity index (χ0n) is 12.6. The third-order valence-corrected chi connectivity index (χ3v) is 4.56. The summed E-state index contributed by atoms with van der Waals surface area (Å²) in [4.78, 5) is 14.2. The molecule has 114 valence electrons. The Hall–Kier alpha value is -0.870. The van der Waals surface area contributed by atoms with E-state index in [4.69, 9.17) is 5.73 Å². The molecule has 3 N–H and O–H groups in total. The third-order valence-electron chi connectivity index (χ3n) is 4.56. The fraction of sp³-hybridized carbons (Fsp3) is 0.812. The number of piperidine rings is 1. The van der Waals surface area contributed by atoms with Crippen molar-refractivity contribution in [2.75, 3.05) is 32.7 Å². The van der Waals surface area contributed by atoms with E-state index in [1.165, 1.54) is 31.3 Å². The minimum atomic E-state index is 0.174. The molecule has 0 unspecified atom stereocenters. The number of nitrogens with one attached hydrogen (secondary N) is 1. The first-order valence-corrected chi connectivity index (χ1v) is 8.15. The first-order valence-electron chi connectivity index (χ1n) is 8.15. The van der Waals surface area contributed by atoms with E-state index in [1.54, 1.807) is 0 Å². The molecule has 1 aliphatic carbocycles. The van der Waals surface area contributed by atoms with Gasteiger partial charge in [-0.25, -0.2) is 0 Å². The molecule has 0 bridgehead atoms. The Morgan fingerprint density at radius 2 is 2.15 bits per heavy atom. The van der Waals surface area contributed by atoms with E-state index >= 15 is 0 Å². The summed E-state index contributed by atoms with van der Waals surface area (Å²) >= 11 is 0. The second-order valence-electron chi connectivity index (χ2n) is 6.16. The molecule has 0 aromatic carbocycles. The standard InChI is InChI=1S/C16H29N3O/c17-12-15-7-10-19(11-8-15)13-16(20)18-9-6-14-4-2-1-3-5-14/h4,15H,1-3,5-13,17H2,(H,18,20). The van der Waals surface area contributed by atoms with Gasteiger partial charge in [-0.2, -0.15) is 0 Å². The molecule has 2 rings (SSSR count). The molecule has 1 saturated heterocycles. The Kier molecular flexibility index (Phi) is 6.54. The number of hydrogen-bond donors (Lipinski definition) is 2. The lowest BCUT2D eigenvalue weighted by Gasteiger charge is -2.30. The summed E-state index contributed by atoms with van der Waals surface area (Å²) in [5, 5.41) is 3.06. The van der Waals surface area contributed by atoms with Gasteiger partial charge in [0.2, 0.25) is 5.91 Å². The van der Waals surface area contributed by atoms with Crippen LogP contribution < -0.4 is 11.1 Å². The van der Waals surface area contributed by atoms with Gasteiger partial charge in [-0.05, 0) is 70.5 Å². The largest absolute Gasteiger partial charge is 0.355 e. The quantitative estimate of drug-likeness (QED) is 0.727. The van der Waals surface area contributed by atoms with Gasteiger partial charge in [-0.1, -0.05) is 11.6 Å². The minimum absolute atomic E-state index is 0.174. The number of rotatable bonds is 6. The molecular formula is C16H29N3O. The summed E-state index contributed by atoms with van der Waals surface area (Å²) in [5.41, 5.74) is 7.21. The van der Waals surface area contributed by atoms with Crippen molar-refractivity contribution in [1.82, 2.24) is 10.2 Å². The molecule has 1 amide bonds. The molecule has 20 heavy (non-hydrogen) atoms. The van der Waals surface area contributed by atoms with Crippen molar-refractivity contribution >= 4 is 5.91 Å². The molecule has 0 aromatic rings. The first kappa shape index (κ1) is 15.5. The van der Waals surface area contributed by atoms with Gasteiger partial charge in [0.15, 0.2) is 0 Å². The number of hydrogen-bond acceptors (Lipinski definition) is 3. The smallest absolute Gasteiger partial charge is 0.234 e. The summed E-state index contributed by atoms with van der Waals surface area (Å²) in [7, 11) is 0. The van der Waals surface area contributed by atoms with E-state index in [1.807, 2.05) is 0 Å². The molecule has 0 atom stereocenters. The SMILES string of the molecule is NCC1CCN(CC(=O)NCCC2=CCCCC2)CC1. The third kappa shape index (κ3) is 5.25. The normalized spacial score (nSPS) is 21.6. The average molecular weight is 279 g/mol. The van der Waals surface area contributed by atoms with E-state index in [0.717, 1.165) is 45.4 Å². The number of nitrogens with two attached hydrogens (primary N) is 1. The van der Waals surface area contributed by atoms with Gasteiger partial charge in [0.1, 0.15) is 0 Å². The zero-order valence-corrected chi connectivity index (χ0v) is 12.6. The lowest BCUT2D eigenvalue weighted by atomic mass is 9.97. The molecule has 1 heterocycles. The zero-order chi connectivity index (χ0) is 14.2. The van der Waals surface area contributed by atoms with Gasteiger partial charge >= 0.3 is 0 Å². The van der Waals surface area contributed by atoms with Crippen molar-refractivity contribution in [3.05, 3.63) is 11.6 Å². The maximum Gasteiger partial charge on any atom is 0.234 e. The average Bonchev–Trinajstić information content (AvgIpc) is 2.49. The van der Waals surface area contributed by atoms with Gasteiger partial charge in [-0.15, -0.1) is 0 Å². The van der Waals surface area contributed by atoms with Crippen LogP contribution in [0.15, 0.2) is 11.6 Å². The van der Waals surface area contributed by atoms with Crippen LogP contribution in [0.3, 0.4) is 0 Å². The van der Waals surface area contributed by atoms with Crippen molar-refractivity contribution in [1.29, 1.82) is 0 Å². The minimum Gasteiger partial charge on any atom is -0.355 e. The van der Waals surface area contributed by atoms with Crippen LogP contribution in [-0.4, -0.2) is 43.5 Å². The Balaban J connectivity index is 1.57. The Labute approximate surface area is 122 Å². The van der Waals surface area contributed by atoms with Crippen LogP contribution in [0.4, 0.5) is 0 Å². The maximum absolute atomic E-state index is 11.9. The summed E-state index contributed by atoms with van der Waals surface area (Å²) in [5.74, 6) is 0.833. The van der Waals surface area contributed by atoms with Crippen molar-refractivity contribution in [2.24, 2.45) is 11.7 Å². The molecule has 4 heteroatoms. The number of nitrogens with zero attached hydrogens (tertiary/aromatic N) is 1. The van der Waals surface area contributed by atoms with E-state index in [0.29, 0.717) is 12.5 Å². The van der Waals surface area contributed by atoms with Gasteiger partial charge in [0.05, 0.1) is 6.54 Å². The molecule has 0 saturated carbocycles. The first-order chi connectivity index (χ1) is 9.78. The summed E-state index contributed by atoms with van der Waals surface area (Å²) in [6.45, 7) is 4.16. The second-order valence-corrected chi connectivity index (χ2v) is 6.16. The van der Waals surface area contributed by atoms with Crippen LogP contribution in [0.5, 0.6) is 0 Å². The fourth-order valence-electron chi connectivity index (χ4n) is 3.13. The number of carbonyl (C=O) groups is 1. The lowest BCUT2D eigenvalue weighted by Crippen LogP contribution is -2.42. The second kappa shape index (κ2) is 8.42. The molecule has 2 aliphatic rings. The highest BCUT2D eigenvalue weighted by atomic mass is 16.2. The van der Waals surface area contributed by atoms with Crippen LogP contribution in [-0.2, 0) is 4.79 Å². The number of likely N-dealkylation sites (tertiary alicyclic amines) is 1.